The summed E-state index contributed by atoms with van der Waals surface area (Å²) in [5.41, 5.74) is 2.22. The molecule has 0 aromatic carbocycles. The van der Waals surface area contributed by atoms with Crippen LogP contribution in [0.4, 0.5) is 0 Å². The monoisotopic (exact) mass is 317 g/mol. The topological polar surface area (TPSA) is 50.1 Å². The molecule has 0 aliphatic rings. The van der Waals surface area contributed by atoms with Crippen molar-refractivity contribution in [3.63, 3.8) is 0 Å². The van der Waals surface area contributed by atoms with Crippen LogP contribution in [-0.2, 0) is 19.5 Å². The highest BCUT2D eigenvalue weighted by atomic mass is 79.9. The molecule has 0 spiro atoms. The van der Waals surface area contributed by atoms with E-state index in [2.05, 4.69) is 54.0 Å². The van der Waals surface area contributed by atoms with Gasteiger partial charge in [0.25, 0.3) is 0 Å². The zero-order chi connectivity index (χ0) is 13.8. The van der Waals surface area contributed by atoms with Crippen molar-refractivity contribution in [2.45, 2.75) is 59.2 Å². The molecule has 0 saturated carbocycles. The van der Waals surface area contributed by atoms with Gasteiger partial charge in [-0.1, -0.05) is 6.92 Å². The fraction of sp³-hybridized carbons (Fsp3) is 0.769. The molecule has 5 heteroatoms. The minimum absolute atomic E-state index is 0.0661. The first-order valence-corrected chi connectivity index (χ1v) is 7.34. The van der Waals surface area contributed by atoms with E-state index in [0.717, 1.165) is 36.1 Å². The van der Waals surface area contributed by atoms with Gasteiger partial charge in [0.2, 0.25) is 0 Å². The molecular weight excluding hydrogens is 294 g/mol. The van der Waals surface area contributed by atoms with Crippen molar-refractivity contribution in [3.8, 4) is 0 Å². The van der Waals surface area contributed by atoms with Gasteiger partial charge in [-0.3, -0.25) is 4.68 Å². The quantitative estimate of drug-likeness (QED) is 0.812. The summed E-state index contributed by atoms with van der Waals surface area (Å²) < 4.78 is 3.14. The first-order chi connectivity index (χ1) is 8.45. The molecule has 0 fully saturated rings. The number of aromatic nitrogens is 2. The maximum Gasteiger partial charge on any atom is 0.0767 e. The van der Waals surface area contributed by atoms with Gasteiger partial charge in [0.1, 0.15) is 0 Å². The molecule has 0 aliphatic carbocycles. The van der Waals surface area contributed by atoms with E-state index in [0.29, 0.717) is 0 Å². The fourth-order valence-corrected chi connectivity index (χ4v) is 2.58. The molecular formula is C13H24BrN3O. The Morgan fingerprint density at radius 2 is 2.06 bits per heavy atom. The third-order valence-corrected chi connectivity index (χ3v) is 4.08. The number of hydrogen-bond acceptors (Lipinski definition) is 3. The number of aliphatic hydroxyl groups excluding tert-OH is 1. The molecule has 2 N–H and O–H groups in total. The van der Waals surface area contributed by atoms with Crippen LogP contribution in [0.2, 0.25) is 0 Å². The first-order valence-electron chi connectivity index (χ1n) is 6.55. The van der Waals surface area contributed by atoms with Crippen LogP contribution < -0.4 is 5.32 Å². The van der Waals surface area contributed by atoms with Crippen LogP contribution in [0.25, 0.3) is 0 Å². The molecule has 0 saturated heterocycles. The second-order valence-electron chi connectivity index (χ2n) is 5.09. The summed E-state index contributed by atoms with van der Waals surface area (Å²) in [6, 6.07) is 0. The summed E-state index contributed by atoms with van der Waals surface area (Å²) in [4.78, 5) is 0. The Morgan fingerprint density at radius 1 is 1.39 bits per heavy atom. The standard InChI is InChI=1S/C13H24BrN3O/c1-5-10-12(14)11(17(6-2)16-10)9-15-13(3,4)7-8-18/h15,18H,5-9H2,1-4H3. The van der Waals surface area contributed by atoms with E-state index < -0.39 is 0 Å². The van der Waals surface area contributed by atoms with Crippen LogP contribution >= 0.6 is 15.9 Å². The smallest absolute Gasteiger partial charge is 0.0767 e. The average molecular weight is 318 g/mol. The lowest BCUT2D eigenvalue weighted by Gasteiger charge is -2.25. The van der Waals surface area contributed by atoms with Crippen molar-refractivity contribution in [2.24, 2.45) is 0 Å². The van der Waals surface area contributed by atoms with Gasteiger partial charge in [-0.2, -0.15) is 5.10 Å². The summed E-state index contributed by atoms with van der Waals surface area (Å²) in [6.45, 7) is 10.2. The fourth-order valence-electron chi connectivity index (χ4n) is 1.88. The number of nitrogens with zero attached hydrogens (tertiary/aromatic N) is 2. The first kappa shape index (κ1) is 15.7. The van der Waals surface area contributed by atoms with Gasteiger partial charge in [-0.25, -0.2) is 0 Å². The van der Waals surface area contributed by atoms with E-state index in [1.165, 1.54) is 5.69 Å². The van der Waals surface area contributed by atoms with Crippen LogP contribution in [-0.4, -0.2) is 27.0 Å². The Morgan fingerprint density at radius 3 is 2.56 bits per heavy atom. The molecule has 0 amide bonds. The summed E-state index contributed by atoms with van der Waals surface area (Å²) in [5.74, 6) is 0. The molecule has 1 aromatic rings. The van der Waals surface area contributed by atoms with Gasteiger partial charge < -0.3 is 10.4 Å². The highest BCUT2D eigenvalue weighted by molar-refractivity contribution is 9.10. The summed E-state index contributed by atoms with van der Waals surface area (Å²) >= 11 is 3.64. The zero-order valence-corrected chi connectivity index (χ0v) is 13.3. The Balaban J connectivity index is 2.80. The van der Waals surface area contributed by atoms with Crippen LogP contribution in [0.3, 0.4) is 0 Å². The Kier molecular flexibility index (Phi) is 5.82. The SMILES string of the molecule is CCc1nn(CC)c(CNC(C)(C)CCO)c1Br. The van der Waals surface area contributed by atoms with Gasteiger partial charge in [0, 0.05) is 25.2 Å². The van der Waals surface area contributed by atoms with Gasteiger partial charge in [0.15, 0.2) is 0 Å². The van der Waals surface area contributed by atoms with Crippen molar-refractivity contribution in [1.82, 2.24) is 15.1 Å². The van der Waals surface area contributed by atoms with Gasteiger partial charge in [-0.05, 0) is 49.5 Å². The largest absolute Gasteiger partial charge is 0.396 e. The average Bonchev–Trinajstić information content (AvgIpc) is 2.63. The van der Waals surface area contributed by atoms with E-state index in [1.807, 2.05) is 4.68 Å². The third-order valence-electron chi connectivity index (χ3n) is 3.17. The van der Waals surface area contributed by atoms with E-state index in [9.17, 15) is 0 Å². The van der Waals surface area contributed by atoms with Crippen LogP contribution in [0, 0.1) is 0 Å². The van der Waals surface area contributed by atoms with Gasteiger partial charge >= 0.3 is 0 Å². The van der Waals surface area contributed by atoms with Gasteiger partial charge in [0.05, 0.1) is 15.9 Å². The van der Waals surface area contributed by atoms with E-state index in [-0.39, 0.29) is 12.1 Å². The van der Waals surface area contributed by atoms with Crippen molar-refractivity contribution in [2.75, 3.05) is 6.61 Å². The second kappa shape index (κ2) is 6.68. The molecule has 1 heterocycles. The van der Waals surface area contributed by atoms with Gasteiger partial charge in [-0.15, -0.1) is 0 Å². The molecule has 0 unspecified atom stereocenters. The number of aryl methyl sites for hydroxylation is 2. The lowest BCUT2D eigenvalue weighted by atomic mass is 10.0. The third kappa shape index (κ3) is 3.80. The van der Waals surface area contributed by atoms with E-state index >= 15 is 0 Å². The molecule has 1 aromatic heterocycles. The minimum Gasteiger partial charge on any atom is -0.396 e. The molecule has 0 atom stereocenters. The number of rotatable bonds is 7. The minimum atomic E-state index is -0.0661. The number of aliphatic hydroxyl groups is 1. The van der Waals surface area contributed by atoms with Crippen molar-refractivity contribution < 1.29 is 5.11 Å². The van der Waals surface area contributed by atoms with Crippen molar-refractivity contribution in [3.05, 3.63) is 15.9 Å². The maximum absolute atomic E-state index is 9.03. The highest BCUT2D eigenvalue weighted by Gasteiger charge is 2.19. The molecule has 4 nitrogen and oxygen atoms in total. The van der Waals surface area contributed by atoms with E-state index in [4.69, 9.17) is 5.11 Å². The summed E-state index contributed by atoms with van der Waals surface area (Å²) in [5, 5.41) is 17.1. The van der Waals surface area contributed by atoms with Crippen LogP contribution in [0.1, 0.15) is 45.5 Å². The number of nitrogens with one attached hydrogen (secondary N) is 1. The molecule has 0 radical (unpaired) electrons. The molecule has 104 valence electrons. The van der Waals surface area contributed by atoms with E-state index in [1.54, 1.807) is 0 Å². The summed E-state index contributed by atoms with van der Waals surface area (Å²) in [7, 11) is 0. The Bertz CT molecular complexity index is 388. The van der Waals surface area contributed by atoms with Crippen molar-refractivity contribution >= 4 is 15.9 Å². The van der Waals surface area contributed by atoms with Crippen LogP contribution in [0.15, 0.2) is 4.47 Å². The Hall–Kier alpha value is -0.390. The molecule has 0 bridgehead atoms. The highest BCUT2D eigenvalue weighted by Crippen LogP contribution is 2.23. The maximum atomic E-state index is 9.03. The number of hydrogen-bond donors (Lipinski definition) is 2. The normalized spacial score (nSPS) is 12.1. The lowest BCUT2D eigenvalue weighted by molar-refractivity contribution is 0.229. The summed E-state index contributed by atoms with van der Waals surface area (Å²) in [6.07, 6.45) is 1.67. The lowest BCUT2D eigenvalue weighted by Crippen LogP contribution is -2.40. The predicted octanol–water partition coefficient (Wildman–Crippen LogP) is 2.48. The zero-order valence-electron chi connectivity index (χ0n) is 11.8. The van der Waals surface area contributed by atoms with Crippen molar-refractivity contribution in [1.29, 1.82) is 0 Å². The Labute approximate surface area is 118 Å². The predicted molar refractivity (Wildman–Crippen MR) is 77.6 cm³/mol. The number of halogens is 1. The molecule has 18 heavy (non-hydrogen) atoms. The van der Waals surface area contributed by atoms with Crippen LogP contribution in [0.5, 0.6) is 0 Å². The molecule has 0 aliphatic heterocycles. The molecule has 1 rings (SSSR count). The second-order valence-corrected chi connectivity index (χ2v) is 5.88.